The molecule has 0 aromatic rings. The number of amides is 2. The number of thioether (sulfide) groups is 1. The Balaban J connectivity index is 4.34. The molecule has 5 nitrogen and oxygen atoms in total. The summed E-state index contributed by atoms with van der Waals surface area (Å²) in [5.41, 5.74) is 0. The minimum absolute atomic E-state index is 0.0928. The van der Waals surface area contributed by atoms with Gasteiger partial charge < -0.3 is 15.7 Å². The molecule has 18 heavy (non-hydrogen) atoms. The van der Waals surface area contributed by atoms with Gasteiger partial charge in [0.05, 0.1) is 6.04 Å². The summed E-state index contributed by atoms with van der Waals surface area (Å²) in [6, 6.07) is -1.83. The maximum atomic E-state index is 11.6. The molecule has 0 radical (unpaired) electrons. The lowest BCUT2D eigenvalue weighted by Crippen LogP contribution is -2.50. The van der Waals surface area contributed by atoms with Crippen LogP contribution in [0.4, 0.5) is 4.79 Å². The lowest BCUT2D eigenvalue weighted by atomic mass is 10.1. The summed E-state index contributed by atoms with van der Waals surface area (Å²) in [6.45, 7) is 3.76. The van der Waals surface area contributed by atoms with E-state index < -0.39 is 24.1 Å². The Morgan fingerprint density at radius 2 is 2.00 bits per heavy atom. The molecule has 0 aromatic heterocycles. The second-order valence-corrected chi connectivity index (χ2v) is 5.16. The molecule has 0 saturated heterocycles. The SMILES string of the molecule is C#CC(NC(=O)NC(CCSC)C(=O)O)C(C)C. The van der Waals surface area contributed by atoms with Gasteiger partial charge in [-0.15, -0.1) is 6.42 Å². The van der Waals surface area contributed by atoms with Crippen LogP contribution in [-0.2, 0) is 4.79 Å². The van der Waals surface area contributed by atoms with Crippen molar-refractivity contribution in [3.8, 4) is 12.3 Å². The van der Waals surface area contributed by atoms with Crippen molar-refractivity contribution in [2.24, 2.45) is 5.92 Å². The number of carboxylic acid groups (broad SMARTS) is 1. The van der Waals surface area contributed by atoms with Crippen LogP contribution in [0.15, 0.2) is 0 Å². The molecule has 0 bridgehead atoms. The summed E-state index contributed by atoms with van der Waals surface area (Å²) < 4.78 is 0. The Morgan fingerprint density at radius 1 is 1.39 bits per heavy atom. The zero-order chi connectivity index (χ0) is 14.1. The summed E-state index contributed by atoms with van der Waals surface area (Å²) in [5.74, 6) is 2.17. The van der Waals surface area contributed by atoms with Crippen LogP contribution in [0.25, 0.3) is 0 Å². The molecule has 0 rings (SSSR count). The zero-order valence-electron chi connectivity index (χ0n) is 10.9. The van der Waals surface area contributed by atoms with Gasteiger partial charge in [-0.3, -0.25) is 0 Å². The third-order valence-electron chi connectivity index (χ3n) is 2.35. The van der Waals surface area contributed by atoms with Gasteiger partial charge in [0.1, 0.15) is 6.04 Å². The van der Waals surface area contributed by atoms with Gasteiger partial charge >= 0.3 is 12.0 Å². The van der Waals surface area contributed by atoms with Crippen molar-refractivity contribution in [1.82, 2.24) is 10.6 Å². The maximum Gasteiger partial charge on any atom is 0.326 e. The Morgan fingerprint density at radius 3 is 2.39 bits per heavy atom. The molecule has 3 N–H and O–H groups in total. The van der Waals surface area contributed by atoms with Gasteiger partial charge in [0.15, 0.2) is 0 Å². The van der Waals surface area contributed by atoms with Crippen molar-refractivity contribution in [1.29, 1.82) is 0 Å². The third-order valence-corrected chi connectivity index (χ3v) is 2.99. The lowest BCUT2D eigenvalue weighted by Gasteiger charge is -2.19. The topological polar surface area (TPSA) is 78.4 Å². The van der Waals surface area contributed by atoms with Crippen LogP contribution >= 0.6 is 11.8 Å². The second-order valence-electron chi connectivity index (χ2n) is 4.18. The van der Waals surface area contributed by atoms with Crippen LogP contribution in [-0.4, -0.2) is 41.2 Å². The van der Waals surface area contributed by atoms with E-state index in [1.165, 1.54) is 11.8 Å². The van der Waals surface area contributed by atoms with E-state index >= 15 is 0 Å². The fourth-order valence-corrected chi connectivity index (χ4v) is 1.71. The van der Waals surface area contributed by atoms with Crippen LogP contribution in [0, 0.1) is 18.3 Å². The normalized spacial score (nSPS) is 13.5. The van der Waals surface area contributed by atoms with E-state index in [1.54, 1.807) is 0 Å². The number of carbonyl (C=O) groups excluding carboxylic acids is 1. The van der Waals surface area contributed by atoms with E-state index in [0.29, 0.717) is 12.2 Å². The van der Waals surface area contributed by atoms with E-state index in [9.17, 15) is 9.59 Å². The molecule has 2 amide bonds. The van der Waals surface area contributed by atoms with Gasteiger partial charge in [-0.2, -0.15) is 11.8 Å². The van der Waals surface area contributed by atoms with Crippen molar-refractivity contribution in [2.75, 3.05) is 12.0 Å². The average Bonchev–Trinajstić information content (AvgIpc) is 2.30. The van der Waals surface area contributed by atoms with E-state index in [2.05, 4.69) is 16.6 Å². The first-order valence-electron chi connectivity index (χ1n) is 5.67. The fraction of sp³-hybridized carbons (Fsp3) is 0.667. The highest BCUT2D eigenvalue weighted by molar-refractivity contribution is 7.98. The van der Waals surface area contributed by atoms with Crippen LogP contribution in [0.1, 0.15) is 20.3 Å². The van der Waals surface area contributed by atoms with E-state index in [1.807, 2.05) is 20.1 Å². The van der Waals surface area contributed by atoms with E-state index in [-0.39, 0.29) is 5.92 Å². The van der Waals surface area contributed by atoms with Gasteiger partial charge in [0.25, 0.3) is 0 Å². The molecular weight excluding hydrogens is 252 g/mol. The number of carboxylic acids is 1. The maximum absolute atomic E-state index is 11.6. The predicted molar refractivity (Wildman–Crippen MR) is 73.5 cm³/mol. The number of rotatable bonds is 7. The first-order chi connectivity index (χ1) is 8.42. The fourth-order valence-electron chi connectivity index (χ4n) is 1.24. The number of nitrogens with one attached hydrogen (secondary N) is 2. The van der Waals surface area contributed by atoms with Crippen molar-refractivity contribution in [3.63, 3.8) is 0 Å². The zero-order valence-corrected chi connectivity index (χ0v) is 11.7. The summed E-state index contributed by atoms with van der Waals surface area (Å²) >= 11 is 1.53. The number of carbonyl (C=O) groups is 2. The van der Waals surface area contributed by atoms with Crippen molar-refractivity contribution in [3.05, 3.63) is 0 Å². The Kier molecular flexibility index (Phi) is 8.05. The Hall–Kier alpha value is -1.35. The van der Waals surface area contributed by atoms with Gasteiger partial charge in [0, 0.05) is 0 Å². The average molecular weight is 272 g/mol. The Labute approximate surface area is 112 Å². The molecule has 0 aliphatic heterocycles. The number of hydrogen-bond donors (Lipinski definition) is 3. The largest absolute Gasteiger partial charge is 0.480 e. The summed E-state index contributed by atoms with van der Waals surface area (Å²) in [6.07, 6.45) is 7.54. The predicted octanol–water partition coefficient (Wildman–Crippen LogP) is 1.15. The number of aliphatic carboxylic acids is 1. The molecule has 0 aliphatic rings. The highest BCUT2D eigenvalue weighted by atomic mass is 32.2. The molecule has 2 unspecified atom stereocenters. The molecule has 0 aliphatic carbocycles. The van der Waals surface area contributed by atoms with Crippen molar-refractivity contribution < 1.29 is 14.7 Å². The summed E-state index contributed by atoms with van der Waals surface area (Å²) in [7, 11) is 0. The van der Waals surface area contributed by atoms with Gasteiger partial charge in [-0.05, 0) is 24.3 Å². The van der Waals surface area contributed by atoms with E-state index in [4.69, 9.17) is 11.5 Å². The standard InChI is InChI=1S/C12H20N2O3S/c1-5-9(8(2)3)13-12(17)14-10(11(15)16)6-7-18-4/h1,8-10H,6-7H2,2-4H3,(H,15,16)(H2,13,14,17). The molecule has 2 atom stereocenters. The molecule has 0 aromatic carbocycles. The molecular formula is C12H20N2O3S. The molecule has 0 spiro atoms. The van der Waals surface area contributed by atoms with E-state index in [0.717, 1.165) is 0 Å². The summed E-state index contributed by atoms with van der Waals surface area (Å²) in [5, 5.41) is 13.9. The third kappa shape index (κ3) is 6.40. The number of terminal acetylenes is 1. The quantitative estimate of drug-likeness (QED) is 0.608. The minimum atomic E-state index is -1.04. The van der Waals surface area contributed by atoms with Crippen molar-refractivity contribution >= 4 is 23.8 Å². The van der Waals surface area contributed by atoms with Gasteiger partial charge in [0.2, 0.25) is 0 Å². The molecule has 0 fully saturated rings. The second kappa shape index (κ2) is 8.70. The first-order valence-corrected chi connectivity index (χ1v) is 7.06. The first kappa shape index (κ1) is 16.6. The van der Waals surface area contributed by atoms with Crippen LogP contribution < -0.4 is 10.6 Å². The van der Waals surface area contributed by atoms with Crippen LogP contribution in [0.5, 0.6) is 0 Å². The van der Waals surface area contributed by atoms with Gasteiger partial charge in [-0.1, -0.05) is 19.8 Å². The highest BCUT2D eigenvalue weighted by Gasteiger charge is 2.21. The van der Waals surface area contributed by atoms with Crippen LogP contribution in [0.2, 0.25) is 0 Å². The highest BCUT2D eigenvalue weighted by Crippen LogP contribution is 2.02. The monoisotopic (exact) mass is 272 g/mol. The lowest BCUT2D eigenvalue weighted by molar-refractivity contribution is -0.139. The minimum Gasteiger partial charge on any atom is -0.480 e. The van der Waals surface area contributed by atoms with Crippen molar-refractivity contribution in [2.45, 2.75) is 32.4 Å². The smallest absolute Gasteiger partial charge is 0.326 e. The number of urea groups is 1. The van der Waals surface area contributed by atoms with Gasteiger partial charge in [-0.25, -0.2) is 9.59 Å². The summed E-state index contributed by atoms with van der Waals surface area (Å²) in [4.78, 5) is 22.5. The molecule has 0 saturated carbocycles. The molecule has 102 valence electrons. The Bertz CT molecular complexity index is 326. The van der Waals surface area contributed by atoms with Crippen LogP contribution in [0.3, 0.4) is 0 Å². The molecule has 0 heterocycles. The number of hydrogen-bond acceptors (Lipinski definition) is 3. The molecule has 6 heteroatoms.